The van der Waals surface area contributed by atoms with Gasteiger partial charge in [-0.15, -0.1) is 0 Å². The van der Waals surface area contributed by atoms with Gasteiger partial charge in [-0.25, -0.2) is 0 Å². The van der Waals surface area contributed by atoms with E-state index in [1.54, 1.807) is 17.1 Å². The number of piperazine rings is 1. The van der Waals surface area contributed by atoms with E-state index in [9.17, 15) is 9.59 Å². The van der Waals surface area contributed by atoms with E-state index < -0.39 is 6.04 Å². The summed E-state index contributed by atoms with van der Waals surface area (Å²) >= 11 is 0. The molecule has 0 aromatic carbocycles. The average Bonchev–Trinajstić information content (AvgIpc) is 2.77. The van der Waals surface area contributed by atoms with Gasteiger partial charge in [-0.2, -0.15) is 5.10 Å². The highest BCUT2D eigenvalue weighted by Gasteiger charge is 2.23. The molecule has 1 aromatic heterocycles. The van der Waals surface area contributed by atoms with Crippen molar-refractivity contribution in [3.63, 3.8) is 0 Å². The molecule has 0 bridgehead atoms. The van der Waals surface area contributed by atoms with Crippen LogP contribution in [0.3, 0.4) is 0 Å². The number of rotatable bonds is 3. The van der Waals surface area contributed by atoms with Gasteiger partial charge in [0.1, 0.15) is 6.04 Å². The van der Waals surface area contributed by atoms with Crippen molar-refractivity contribution in [3.8, 4) is 0 Å². The lowest BCUT2D eigenvalue weighted by Gasteiger charge is -2.22. The van der Waals surface area contributed by atoms with Gasteiger partial charge in [0.05, 0.1) is 18.4 Å². The molecule has 0 spiro atoms. The summed E-state index contributed by atoms with van der Waals surface area (Å²) in [6.45, 7) is 3.21. The molecule has 1 aromatic rings. The van der Waals surface area contributed by atoms with Gasteiger partial charge in [-0.3, -0.25) is 19.6 Å². The number of hydrogen-bond donors (Lipinski definition) is 3. The summed E-state index contributed by atoms with van der Waals surface area (Å²) in [5, 5.41) is 12.3. The van der Waals surface area contributed by atoms with E-state index in [1.807, 2.05) is 6.92 Å². The van der Waals surface area contributed by atoms with Crippen LogP contribution in [0.15, 0.2) is 12.4 Å². The molecule has 1 aliphatic heterocycles. The zero-order valence-electron chi connectivity index (χ0n) is 9.56. The molecule has 2 rings (SSSR count). The van der Waals surface area contributed by atoms with Crippen LogP contribution in [0, 0.1) is 0 Å². The smallest absolute Gasteiger partial charge is 0.243 e. The van der Waals surface area contributed by atoms with E-state index in [0.717, 1.165) is 6.54 Å². The maximum atomic E-state index is 11.8. The van der Waals surface area contributed by atoms with Crippen LogP contribution in [-0.2, 0) is 16.1 Å². The third kappa shape index (κ3) is 2.82. The number of amides is 2. The Labute approximate surface area is 98.6 Å². The molecule has 1 atom stereocenters. The summed E-state index contributed by atoms with van der Waals surface area (Å²) in [6.07, 6.45) is 3.36. The monoisotopic (exact) mass is 237 g/mol. The van der Waals surface area contributed by atoms with Crippen molar-refractivity contribution in [2.75, 3.05) is 18.4 Å². The first-order chi connectivity index (χ1) is 8.19. The molecule has 0 radical (unpaired) electrons. The molecule has 0 aliphatic carbocycles. The van der Waals surface area contributed by atoms with Crippen molar-refractivity contribution in [1.29, 1.82) is 0 Å². The Bertz CT molecular complexity index is 418. The second-order valence-corrected chi connectivity index (χ2v) is 3.81. The molecular formula is C10H15N5O2. The predicted molar refractivity (Wildman–Crippen MR) is 61.3 cm³/mol. The first kappa shape index (κ1) is 11.6. The van der Waals surface area contributed by atoms with E-state index in [2.05, 4.69) is 21.0 Å². The minimum Gasteiger partial charge on any atom is -0.353 e. The number of carbonyl (C=O) groups is 2. The summed E-state index contributed by atoms with van der Waals surface area (Å²) in [4.78, 5) is 22.7. The maximum absolute atomic E-state index is 11.8. The Morgan fingerprint density at radius 3 is 3.12 bits per heavy atom. The van der Waals surface area contributed by atoms with Gasteiger partial charge in [-0.05, 0) is 6.92 Å². The third-order valence-electron chi connectivity index (χ3n) is 2.55. The van der Waals surface area contributed by atoms with Gasteiger partial charge in [0.25, 0.3) is 0 Å². The van der Waals surface area contributed by atoms with Crippen molar-refractivity contribution in [3.05, 3.63) is 12.4 Å². The van der Waals surface area contributed by atoms with Gasteiger partial charge in [0, 0.05) is 19.3 Å². The van der Waals surface area contributed by atoms with E-state index in [4.69, 9.17) is 0 Å². The van der Waals surface area contributed by atoms with Crippen LogP contribution in [0.1, 0.15) is 6.92 Å². The van der Waals surface area contributed by atoms with Crippen molar-refractivity contribution in [1.82, 2.24) is 20.4 Å². The molecule has 1 aliphatic rings. The molecule has 7 nitrogen and oxygen atoms in total. The normalized spacial score (nSPS) is 19.8. The van der Waals surface area contributed by atoms with Gasteiger partial charge >= 0.3 is 0 Å². The number of anilines is 1. The molecule has 3 N–H and O–H groups in total. The number of aromatic nitrogens is 2. The van der Waals surface area contributed by atoms with Gasteiger partial charge < -0.3 is 10.6 Å². The van der Waals surface area contributed by atoms with Gasteiger partial charge in [0.15, 0.2) is 0 Å². The maximum Gasteiger partial charge on any atom is 0.243 e. The van der Waals surface area contributed by atoms with Crippen LogP contribution < -0.4 is 16.0 Å². The molecule has 2 amide bonds. The first-order valence-electron chi connectivity index (χ1n) is 5.52. The Morgan fingerprint density at radius 1 is 1.71 bits per heavy atom. The van der Waals surface area contributed by atoms with Crippen molar-refractivity contribution >= 4 is 17.5 Å². The molecular weight excluding hydrogens is 222 g/mol. The van der Waals surface area contributed by atoms with E-state index in [-0.39, 0.29) is 18.4 Å². The number of aryl methyl sites for hydroxylation is 1. The highest BCUT2D eigenvalue weighted by Crippen LogP contribution is 2.05. The number of carbonyl (C=O) groups excluding carboxylic acids is 2. The number of nitrogens with zero attached hydrogens (tertiary/aromatic N) is 2. The third-order valence-corrected chi connectivity index (χ3v) is 2.55. The summed E-state index contributed by atoms with van der Waals surface area (Å²) in [5.74, 6) is -0.256. The number of hydrogen-bond acceptors (Lipinski definition) is 4. The molecule has 92 valence electrons. The van der Waals surface area contributed by atoms with E-state index in [0.29, 0.717) is 12.2 Å². The Hall–Kier alpha value is -1.89. The predicted octanol–water partition coefficient (Wildman–Crippen LogP) is -1.07. The van der Waals surface area contributed by atoms with E-state index in [1.165, 1.54) is 0 Å². The quantitative estimate of drug-likeness (QED) is 0.624. The first-order valence-corrected chi connectivity index (χ1v) is 5.52. The lowest BCUT2D eigenvalue weighted by atomic mass is 10.2. The molecule has 17 heavy (non-hydrogen) atoms. The van der Waals surface area contributed by atoms with Crippen LogP contribution in [0.5, 0.6) is 0 Å². The number of nitrogens with one attached hydrogen (secondary N) is 3. The topological polar surface area (TPSA) is 88.0 Å². The molecule has 2 heterocycles. The zero-order valence-corrected chi connectivity index (χ0v) is 9.56. The standard InChI is InChI=1S/C10H15N5O2/c1-2-15-6-7(3-13-15)14-10(17)8-4-12-9(16)5-11-8/h3,6,8,11H,2,4-5H2,1H3,(H,12,16)(H,14,17). The fraction of sp³-hybridized carbons (Fsp3) is 0.500. The minimum absolute atomic E-state index is 0.0900. The fourth-order valence-corrected chi connectivity index (χ4v) is 1.58. The molecule has 1 unspecified atom stereocenters. The van der Waals surface area contributed by atoms with E-state index >= 15 is 0 Å². The van der Waals surface area contributed by atoms with Crippen molar-refractivity contribution in [2.24, 2.45) is 0 Å². The Kier molecular flexibility index (Phi) is 3.38. The molecule has 0 saturated carbocycles. The lowest BCUT2D eigenvalue weighted by molar-refractivity contribution is -0.124. The second-order valence-electron chi connectivity index (χ2n) is 3.81. The Morgan fingerprint density at radius 2 is 2.53 bits per heavy atom. The van der Waals surface area contributed by atoms with Crippen LogP contribution in [0.4, 0.5) is 5.69 Å². The summed E-state index contributed by atoms with van der Waals surface area (Å²) in [5.41, 5.74) is 0.663. The Balaban J connectivity index is 1.90. The van der Waals surface area contributed by atoms with Crippen LogP contribution in [-0.4, -0.2) is 40.7 Å². The largest absolute Gasteiger partial charge is 0.353 e. The molecule has 1 fully saturated rings. The van der Waals surface area contributed by atoms with Crippen LogP contribution in [0.2, 0.25) is 0 Å². The zero-order chi connectivity index (χ0) is 12.3. The minimum atomic E-state index is -0.391. The van der Waals surface area contributed by atoms with Crippen LogP contribution >= 0.6 is 0 Å². The van der Waals surface area contributed by atoms with Gasteiger partial charge in [0.2, 0.25) is 11.8 Å². The summed E-state index contributed by atoms with van der Waals surface area (Å²) in [7, 11) is 0. The lowest BCUT2D eigenvalue weighted by Crippen LogP contribution is -2.56. The SMILES string of the molecule is CCn1cc(NC(=O)C2CNC(=O)CN2)cn1. The van der Waals surface area contributed by atoms with Crippen molar-refractivity contribution < 1.29 is 9.59 Å². The highest BCUT2D eigenvalue weighted by atomic mass is 16.2. The average molecular weight is 237 g/mol. The summed E-state index contributed by atoms with van der Waals surface area (Å²) < 4.78 is 1.73. The second kappa shape index (κ2) is 4.96. The summed E-state index contributed by atoms with van der Waals surface area (Å²) in [6, 6.07) is -0.391. The van der Waals surface area contributed by atoms with Crippen LogP contribution in [0.25, 0.3) is 0 Å². The van der Waals surface area contributed by atoms with Gasteiger partial charge in [-0.1, -0.05) is 0 Å². The molecule has 1 saturated heterocycles. The van der Waals surface area contributed by atoms with Crippen molar-refractivity contribution in [2.45, 2.75) is 19.5 Å². The highest BCUT2D eigenvalue weighted by molar-refractivity contribution is 5.96. The fourth-order valence-electron chi connectivity index (χ4n) is 1.58. The molecule has 7 heteroatoms.